The molecule has 1 aliphatic rings. The molecule has 0 bridgehead atoms. The minimum absolute atomic E-state index is 0.0249. The molecule has 0 aliphatic carbocycles. The third-order valence-electron chi connectivity index (χ3n) is 3.36. The van der Waals surface area contributed by atoms with Crippen LogP contribution in [-0.2, 0) is 14.3 Å². The summed E-state index contributed by atoms with van der Waals surface area (Å²) in [7, 11) is 0. The van der Waals surface area contributed by atoms with Gasteiger partial charge in [-0.3, -0.25) is 9.59 Å². The predicted octanol–water partition coefficient (Wildman–Crippen LogP) is 1.51. The molecule has 1 fully saturated rings. The minimum atomic E-state index is -0.763. The highest BCUT2D eigenvalue weighted by Gasteiger charge is 2.27. The number of carboxylic acid groups (broad SMARTS) is 1. The van der Waals surface area contributed by atoms with Crippen LogP contribution in [0.5, 0.6) is 0 Å². The number of carboxylic acids is 1. The van der Waals surface area contributed by atoms with Crippen molar-refractivity contribution < 1.29 is 19.4 Å². The van der Waals surface area contributed by atoms with Gasteiger partial charge in [-0.25, -0.2) is 0 Å². The van der Waals surface area contributed by atoms with E-state index in [0.717, 1.165) is 19.4 Å². The Kier molecular flexibility index (Phi) is 6.12. The summed E-state index contributed by atoms with van der Waals surface area (Å²) in [6.07, 6.45) is 2.42. The number of ether oxygens (including phenoxy) is 1. The van der Waals surface area contributed by atoms with Gasteiger partial charge in [-0.2, -0.15) is 0 Å². The van der Waals surface area contributed by atoms with Crippen LogP contribution in [0, 0.1) is 5.92 Å². The van der Waals surface area contributed by atoms with Crippen molar-refractivity contribution in [3.63, 3.8) is 0 Å². The van der Waals surface area contributed by atoms with E-state index in [2.05, 4.69) is 0 Å². The van der Waals surface area contributed by atoms with Crippen molar-refractivity contribution in [1.82, 2.24) is 4.90 Å². The van der Waals surface area contributed by atoms with Crippen molar-refractivity contribution in [3.8, 4) is 0 Å². The van der Waals surface area contributed by atoms with Crippen molar-refractivity contribution in [1.29, 1.82) is 0 Å². The van der Waals surface area contributed by atoms with E-state index in [1.165, 1.54) is 0 Å². The molecule has 1 amide bonds. The number of carbonyl (C=O) groups excluding carboxylic acids is 1. The van der Waals surface area contributed by atoms with E-state index >= 15 is 0 Å². The maximum atomic E-state index is 12.1. The smallest absolute Gasteiger partial charge is 0.303 e. The van der Waals surface area contributed by atoms with Crippen LogP contribution in [-0.4, -0.2) is 47.7 Å². The number of nitrogens with zero attached hydrogens (tertiary/aromatic N) is 1. The lowest BCUT2D eigenvalue weighted by atomic mass is 9.93. The summed E-state index contributed by atoms with van der Waals surface area (Å²) in [5, 5.41) is 8.68. The summed E-state index contributed by atoms with van der Waals surface area (Å²) >= 11 is 0. The van der Waals surface area contributed by atoms with Crippen LogP contribution in [0.25, 0.3) is 0 Å². The van der Waals surface area contributed by atoms with Gasteiger partial charge in [0.2, 0.25) is 0 Å². The van der Waals surface area contributed by atoms with E-state index in [4.69, 9.17) is 9.84 Å². The number of hydrogen-bond acceptors (Lipinski definition) is 3. The lowest BCUT2D eigenvalue weighted by molar-refractivity contribution is -0.144. The van der Waals surface area contributed by atoms with Gasteiger partial charge in [0.1, 0.15) is 6.10 Å². The van der Waals surface area contributed by atoms with Crippen LogP contribution in [0.4, 0.5) is 0 Å². The fourth-order valence-electron chi connectivity index (χ4n) is 2.41. The molecule has 5 heteroatoms. The Morgan fingerprint density at radius 2 is 2.22 bits per heavy atom. The number of carbonyl (C=O) groups is 2. The molecule has 5 nitrogen and oxygen atoms in total. The normalized spacial score (nSPS) is 21.7. The SMILES string of the molecule is CCO[C@H](C)C(=O)N1CCC[C@@H](CCC(=O)O)C1. The Hall–Kier alpha value is -1.10. The molecule has 0 aromatic carbocycles. The molecule has 0 radical (unpaired) electrons. The van der Waals surface area contributed by atoms with Gasteiger partial charge in [-0.05, 0) is 39.0 Å². The summed E-state index contributed by atoms with van der Waals surface area (Å²) in [6.45, 7) is 5.61. The first-order valence-electron chi connectivity index (χ1n) is 6.66. The van der Waals surface area contributed by atoms with E-state index in [-0.39, 0.29) is 12.3 Å². The van der Waals surface area contributed by atoms with Crippen LogP contribution in [0.3, 0.4) is 0 Å². The van der Waals surface area contributed by atoms with Gasteiger partial charge in [0.25, 0.3) is 5.91 Å². The monoisotopic (exact) mass is 257 g/mol. The Labute approximate surface area is 108 Å². The van der Waals surface area contributed by atoms with Crippen molar-refractivity contribution >= 4 is 11.9 Å². The Balaban J connectivity index is 2.42. The van der Waals surface area contributed by atoms with E-state index < -0.39 is 12.1 Å². The summed E-state index contributed by atoms with van der Waals surface area (Å²) in [5.74, 6) is -0.425. The topological polar surface area (TPSA) is 66.8 Å². The Morgan fingerprint density at radius 3 is 2.83 bits per heavy atom. The second kappa shape index (κ2) is 7.36. The Morgan fingerprint density at radius 1 is 1.50 bits per heavy atom. The molecule has 1 rings (SSSR count). The summed E-state index contributed by atoms with van der Waals surface area (Å²) in [5.41, 5.74) is 0. The first kappa shape index (κ1) is 15.0. The van der Waals surface area contributed by atoms with Crippen LogP contribution < -0.4 is 0 Å². The zero-order valence-electron chi connectivity index (χ0n) is 11.2. The fourth-order valence-corrected chi connectivity index (χ4v) is 2.41. The van der Waals surface area contributed by atoms with Gasteiger partial charge in [-0.15, -0.1) is 0 Å². The summed E-state index contributed by atoms with van der Waals surface area (Å²) in [6, 6.07) is 0. The third kappa shape index (κ3) is 4.64. The summed E-state index contributed by atoms with van der Waals surface area (Å²) < 4.78 is 5.30. The molecule has 0 saturated carbocycles. The highest BCUT2D eigenvalue weighted by Crippen LogP contribution is 2.21. The predicted molar refractivity (Wildman–Crippen MR) is 67.3 cm³/mol. The van der Waals surface area contributed by atoms with E-state index in [9.17, 15) is 9.59 Å². The van der Waals surface area contributed by atoms with Crippen molar-refractivity contribution in [2.75, 3.05) is 19.7 Å². The van der Waals surface area contributed by atoms with Gasteiger partial charge in [0.15, 0.2) is 0 Å². The van der Waals surface area contributed by atoms with Crippen LogP contribution >= 0.6 is 0 Å². The van der Waals surface area contributed by atoms with Gasteiger partial charge >= 0.3 is 5.97 Å². The van der Waals surface area contributed by atoms with Crippen LogP contribution in [0.15, 0.2) is 0 Å². The molecular formula is C13H23NO4. The maximum Gasteiger partial charge on any atom is 0.303 e. The average Bonchev–Trinajstić information content (AvgIpc) is 2.36. The molecule has 0 unspecified atom stereocenters. The zero-order chi connectivity index (χ0) is 13.5. The number of aliphatic carboxylic acids is 1. The Bertz CT molecular complexity index is 293. The number of piperidine rings is 1. The van der Waals surface area contributed by atoms with E-state index in [1.807, 2.05) is 11.8 Å². The van der Waals surface area contributed by atoms with Crippen molar-refractivity contribution in [2.45, 2.75) is 45.6 Å². The molecule has 18 heavy (non-hydrogen) atoms. The molecular weight excluding hydrogens is 234 g/mol. The first-order valence-corrected chi connectivity index (χ1v) is 6.66. The fraction of sp³-hybridized carbons (Fsp3) is 0.846. The van der Waals surface area contributed by atoms with Crippen molar-refractivity contribution in [3.05, 3.63) is 0 Å². The van der Waals surface area contributed by atoms with E-state index in [1.54, 1.807) is 6.92 Å². The number of amides is 1. The van der Waals surface area contributed by atoms with Gasteiger partial charge in [-0.1, -0.05) is 0 Å². The van der Waals surface area contributed by atoms with Gasteiger partial charge in [0.05, 0.1) is 0 Å². The quantitative estimate of drug-likeness (QED) is 0.783. The molecule has 2 atom stereocenters. The zero-order valence-corrected chi connectivity index (χ0v) is 11.2. The molecule has 1 aliphatic heterocycles. The van der Waals surface area contributed by atoms with Crippen LogP contribution in [0.1, 0.15) is 39.5 Å². The number of hydrogen-bond donors (Lipinski definition) is 1. The highest BCUT2D eigenvalue weighted by atomic mass is 16.5. The highest BCUT2D eigenvalue weighted by molar-refractivity contribution is 5.80. The van der Waals surface area contributed by atoms with Crippen LogP contribution in [0.2, 0.25) is 0 Å². The molecule has 1 saturated heterocycles. The maximum absolute atomic E-state index is 12.1. The second-order valence-corrected chi connectivity index (χ2v) is 4.82. The van der Waals surface area contributed by atoms with Gasteiger partial charge in [0, 0.05) is 26.1 Å². The molecule has 1 N–H and O–H groups in total. The first-order chi connectivity index (χ1) is 8.54. The lowest BCUT2D eigenvalue weighted by Crippen LogP contribution is -2.45. The molecule has 0 aromatic rings. The molecule has 0 spiro atoms. The summed E-state index contributed by atoms with van der Waals surface area (Å²) in [4.78, 5) is 24.4. The minimum Gasteiger partial charge on any atom is -0.481 e. The third-order valence-corrected chi connectivity index (χ3v) is 3.36. The standard InChI is InChI=1S/C13H23NO4/c1-3-18-10(2)13(17)14-8-4-5-11(9-14)6-7-12(15)16/h10-11H,3-9H2,1-2H3,(H,15,16)/t10-,11+/m1/s1. The largest absolute Gasteiger partial charge is 0.481 e. The second-order valence-electron chi connectivity index (χ2n) is 4.82. The van der Waals surface area contributed by atoms with Crippen molar-refractivity contribution in [2.24, 2.45) is 5.92 Å². The molecule has 104 valence electrons. The molecule has 0 aromatic heterocycles. The van der Waals surface area contributed by atoms with Gasteiger partial charge < -0.3 is 14.7 Å². The average molecular weight is 257 g/mol. The van der Waals surface area contributed by atoms with E-state index in [0.29, 0.717) is 25.5 Å². The lowest BCUT2D eigenvalue weighted by Gasteiger charge is -2.34. The number of rotatable bonds is 6. The number of likely N-dealkylation sites (tertiary alicyclic amines) is 1. The molecule has 1 heterocycles.